The van der Waals surface area contributed by atoms with Gasteiger partial charge in [-0.25, -0.2) is 17.6 Å². The lowest BCUT2D eigenvalue weighted by molar-refractivity contribution is 0.106. The van der Waals surface area contributed by atoms with Gasteiger partial charge in [0.1, 0.15) is 24.3 Å². The predicted octanol–water partition coefficient (Wildman–Crippen LogP) is 3.56. The highest BCUT2D eigenvalue weighted by Crippen LogP contribution is 2.19. The summed E-state index contributed by atoms with van der Waals surface area (Å²) in [7, 11) is -3.38. The van der Waals surface area contributed by atoms with Gasteiger partial charge in [-0.05, 0) is 73.3 Å². The van der Waals surface area contributed by atoms with Gasteiger partial charge in [0.15, 0.2) is 0 Å². The van der Waals surface area contributed by atoms with Crippen LogP contribution in [0.4, 0.5) is 20.6 Å². The van der Waals surface area contributed by atoms with Gasteiger partial charge in [-0.2, -0.15) is 0 Å². The lowest BCUT2D eigenvalue weighted by Crippen LogP contribution is -2.46. The molecular formula is C31H40FN5O5S. The Labute approximate surface area is 252 Å². The minimum Gasteiger partial charge on any atom is -0.491 e. The van der Waals surface area contributed by atoms with Crippen molar-refractivity contribution >= 4 is 27.4 Å². The number of urea groups is 1. The van der Waals surface area contributed by atoms with E-state index in [1.807, 2.05) is 4.90 Å². The molecule has 2 amide bonds. The third-order valence-corrected chi connectivity index (χ3v) is 7.62. The molecule has 10 nitrogen and oxygen atoms in total. The Morgan fingerprint density at radius 2 is 1.72 bits per heavy atom. The maximum atomic E-state index is 13.0. The molecule has 5 N–H and O–H groups in total. The SMILES string of the molecule is CS(=O)(=O)Nc1cccc(OC[C@@H](O)CNCCc2ccc(NC3CCN(C(=O)NCc4ccc(F)cc4)CC3)cc2)c1. The summed E-state index contributed by atoms with van der Waals surface area (Å²) < 4.78 is 43.8. The van der Waals surface area contributed by atoms with E-state index >= 15 is 0 Å². The summed E-state index contributed by atoms with van der Waals surface area (Å²) in [4.78, 5) is 14.3. The van der Waals surface area contributed by atoms with Gasteiger partial charge in [0.05, 0.1) is 11.9 Å². The molecule has 0 radical (unpaired) electrons. The summed E-state index contributed by atoms with van der Waals surface area (Å²) in [5, 5.41) is 19.9. The van der Waals surface area contributed by atoms with Gasteiger partial charge in [-0.3, -0.25) is 4.72 Å². The normalized spacial score (nSPS) is 14.6. The van der Waals surface area contributed by atoms with E-state index in [1.165, 1.54) is 17.7 Å². The fourth-order valence-electron chi connectivity index (χ4n) is 4.74. The number of aliphatic hydroxyl groups excluding tert-OH is 1. The number of hydrogen-bond acceptors (Lipinski definition) is 7. The van der Waals surface area contributed by atoms with Crippen LogP contribution >= 0.6 is 0 Å². The van der Waals surface area contributed by atoms with Gasteiger partial charge in [-0.1, -0.05) is 30.3 Å². The van der Waals surface area contributed by atoms with Crippen LogP contribution in [0.3, 0.4) is 0 Å². The minimum absolute atomic E-state index is 0.0787. The topological polar surface area (TPSA) is 132 Å². The molecule has 1 heterocycles. The predicted molar refractivity (Wildman–Crippen MR) is 166 cm³/mol. The molecule has 1 fully saturated rings. The lowest BCUT2D eigenvalue weighted by atomic mass is 10.0. The average molecular weight is 614 g/mol. The van der Waals surface area contributed by atoms with E-state index in [2.05, 4.69) is 44.9 Å². The highest BCUT2D eigenvalue weighted by molar-refractivity contribution is 7.92. The number of aliphatic hydroxyl groups is 1. The summed E-state index contributed by atoms with van der Waals surface area (Å²) in [6.45, 7) is 2.84. The molecule has 0 saturated carbocycles. The number of carbonyl (C=O) groups is 1. The number of amides is 2. The molecule has 0 aliphatic carbocycles. The van der Waals surface area contributed by atoms with Gasteiger partial charge in [0.2, 0.25) is 10.0 Å². The number of carbonyl (C=O) groups excluding carboxylic acids is 1. The van der Waals surface area contributed by atoms with Crippen LogP contribution in [-0.4, -0.2) is 75.6 Å². The van der Waals surface area contributed by atoms with Gasteiger partial charge in [0.25, 0.3) is 0 Å². The Bertz CT molecular complexity index is 1420. The van der Waals surface area contributed by atoms with E-state index in [9.17, 15) is 22.7 Å². The highest BCUT2D eigenvalue weighted by Gasteiger charge is 2.22. The van der Waals surface area contributed by atoms with Crippen LogP contribution in [0.2, 0.25) is 0 Å². The summed E-state index contributed by atoms with van der Waals surface area (Å²) >= 11 is 0. The van der Waals surface area contributed by atoms with Gasteiger partial charge in [0, 0.05) is 44.0 Å². The van der Waals surface area contributed by atoms with Crippen molar-refractivity contribution in [2.24, 2.45) is 0 Å². The first-order valence-corrected chi connectivity index (χ1v) is 16.2. The molecule has 0 bridgehead atoms. The molecule has 0 aromatic heterocycles. The zero-order valence-electron chi connectivity index (χ0n) is 24.3. The van der Waals surface area contributed by atoms with E-state index in [0.717, 1.165) is 36.8 Å². The van der Waals surface area contributed by atoms with Crippen molar-refractivity contribution in [3.63, 3.8) is 0 Å². The number of nitrogens with one attached hydrogen (secondary N) is 4. The Morgan fingerprint density at radius 3 is 2.42 bits per heavy atom. The van der Waals surface area contributed by atoms with Gasteiger partial charge in [-0.15, -0.1) is 0 Å². The van der Waals surface area contributed by atoms with Crippen molar-refractivity contribution in [1.29, 1.82) is 0 Å². The zero-order valence-corrected chi connectivity index (χ0v) is 25.1. The third-order valence-electron chi connectivity index (χ3n) is 7.01. The first-order chi connectivity index (χ1) is 20.6. The first kappa shape index (κ1) is 32.1. The van der Waals surface area contributed by atoms with Crippen LogP contribution in [0.5, 0.6) is 5.75 Å². The summed E-state index contributed by atoms with van der Waals surface area (Å²) in [5.41, 5.74) is 3.48. The minimum atomic E-state index is -3.38. The van der Waals surface area contributed by atoms with Crippen LogP contribution < -0.4 is 25.4 Å². The Morgan fingerprint density at radius 1 is 1.02 bits per heavy atom. The van der Waals surface area contributed by atoms with E-state index in [0.29, 0.717) is 44.2 Å². The summed E-state index contributed by atoms with van der Waals surface area (Å²) in [6, 6.07) is 21.2. The first-order valence-electron chi connectivity index (χ1n) is 14.3. The maximum absolute atomic E-state index is 13.0. The maximum Gasteiger partial charge on any atom is 0.317 e. The number of ether oxygens (including phenoxy) is 1. The standard InChI is InChI=1S/C31H40FN5O5S/c1-43(40,41)36-28-3-2-4-30(19-28)42-22-29(38)21-33-16-13-23-7-11-26(12-8-23)35-27-14-17-37(18-15-27)31(39)34-20-24-5-9-25(32)10-6-24/h2-12,19,27,29,33,35-36,38H,13-18,20-22H2,1H3,(H,34,39)/t29-/m0/s1. The van der Waals surface area contributed by atoms with Crippen molar-refractivity contribution in [3.8, 4) is 5.75 Å². The average Bonchev–Trinajstić information content (AvgIpc) is 2.98. The second-order valence-electron chi connectivity index (χ2n) is 10.7. The Hall–Kier alpha value is -3.87. The van der Waals surface area contributed by atoms with Crippen LogP contribution in [0.25, 0.3) is 0 Å². The molecule has 12 heteroatoms. The largest absolute Gasteiger partial charge is 0.491 e. The monoisotopic (exact) mass is 613 g/mol. The molecule has 232 valence electrons. The molecule has 4 rings (SSSR count). The molecule has 1 aliphatic heterocycles. The molecule has 3 aromatic carbocycles. The van der Waals surface area contributed by atoms with Gasteiger partial charge >= 0.3 is 6.03 Å². The highest BCUT2D eigenvalue weighted by atomic mass is 32.2. The van der Waals surface area contributed by atoms with E-state index in [4.69, 9.17) is 4.74 Å². The molecular weight excluding hydrogens is 573 g/mol. The van der Waals surface area contributed by atoms with Crippen molar-refractivity contribution in [1.82, 2.24) is 15.5 Å². The number of likely N-dealkylation sites (tertiary alicyclic amines) is 1. The van der Waals surface area contributed by atoms with Crippen LogP contribution in [0.1, 0.15) is 24.0 Å². The quantitative estimate of drug-likeness (QED) is 0.176. The molecule has 1 saturated heterocycles. The smallest absolute Gasteiger partial charge is 0.317 e. The summed E-state index contributed by atoms with van der Waals surface area (Å²) in [5.74, 6) is 0.177. The van der Waals surface area contributed by atoms with Crippen LogP contribution in [0, 0.1) is 5.82 Å². The van der Waals surface area contributed by atoms with E-state index < -0.39 is 16.1 Å². The van der Waals surface area contributed by atoms with E-state index in [1.54, 1.807) is 36.4 Å². The second kappa shape index (κ2) is 15.6. The number of anilines is 2. The molecule has 0 spiro atoms. The number of benzene rings is 3. The number of hydrogen-bond donors (Lipinski definition) is 5. The lowest BCUT2D eigenvalue weighted by Gasteiger charge is -2.33. The van der Waals surface area contributed by atoms with Crippen molar-refractivity contribution in [2.45, 2.75) is 38.0 Å². The van der Waals surface area contributed by atoms with Crippen LogP contribution in [0.15, 0.2) is 72.8 Å². The molecule has 1 aliphatic rings. The second-order valence-corrected chi connectivity index (χ2v) is 12.5. The number of sulfonamides is 1. The molecule has 0 unspecified atom stereocenters. The van der Waals surface area contributed by atoms with E-state index in [-0.39, 0.29) is 24.5 Å². The Balaban J connectivity index is 1.08. The molecule has 3 aromatic rings. The summed E-state index contributed by atoms with van der Waals surface area (Å²) in [6.07, 6.45) is 2.87. The number of rotatable bonds is 14. The molecule has 43 heavy (non-hydrogen) atoms. The fourth-order valence-corrected chi connectivity index (χ4v) is 5.29. The number of nitrogens with zero attached hydrogens (tertiary/aromatic N) is 1. The van der Waals surface area contributed by atoms with Crippen molar-refractivity contribution < 1.29 is 27.4 Å². The van der Waals surface area contributed by atoms with Crippen molar-refractivity contribution in [2.75, 3.05) is 49.1 Å². The fraction of sp³-hybridized carbons (Fsp3) is 0.387. The van der Waals surface area contributed by atoms with Crippen molar-refractivity contribution in [3.05, 3.63) is 89.7 Å². The number of piperidine rings is 1. The number of halogens is 1. The van der Waals surface area contributed by atoms with Gasteiger partial charge < -0.3 is 30.7 Å². The zero-order chi connectivity index (χ0) is 30.7. The third kappa shape index (κ3) is 11.4. The molecule has 1 atom stereocenters. The van der Waals surface area contributed by atoms with Crippen LogP contribution in [-0.2, 0) is 23.0 Å². The Kier molecular flexibility index (Phi) is 11.6.